The predicted octanol–water partition coefficient (Wildman–Crippen LogP) is -0.389. The number of aryl methyl sites for hydroxylation is 1. The molecule has 1 aromatic heterocycles. The molecule has 0 aromatic carbocycles. The lowest BCUT2D eigenvalue weighted by Crippen LogP contribution is -2.15. The molecule has 78 valence electrons. The summed E-state index contributed by atoms with van der Waals surface area (Å²) in [5, 5.41) is 17.2. The Kier molecular flexibility index (Phi) is 2.76. The van der Waals surface area contributed by atoms with Gasteiger partial charge in [-0.25, -0.2) is 4.68 Å². The number of hydrogen-bond donors (Lipinski definition) is 1. The predicted molar refractivity (Wildman–Crippen MR) is 46.3 cm³/mol. The van der Waals surface area contributed by atoms with E-state index in [1.165, 1.54) is 0 Å². The zero-order valence-electron chi connectivity index (χ0n) is 7.96. The monoisotopic (exact) mass is 199 g/mol. The molecule has 1 saturated heterocycles. The molecule has 14 heavy (non-hydrogen) atoms. The minimum absolute atomic E-state index is 0.306. The SMILES string of the molecule is Cn1nncc1C(O)CC1OCCO1. The van der Waals surface area contributed by atoms with Crippen molar-refractivity contribution < 1.29 is 14.6 Å². The number of aliphatic hydroxyl groups is 1. The first-order chi connectivity index (χ1) is 6.77. The quantitative estimate of drug-likeness (QED) is 0.718. The van der Waals surface area contributed by atoms with Gasteiger partial charge < -0.3 is 14.6 Å². The number of rotatable bonds is 3. The highest BCUT2D eigenvalue weighted by atomic mass is 16.7. The highest BCUT2D eigenvalue weighted by molar-refractivity contribution is 4.98. The molecule has 6 nitrogen and oxygen atoms in total. The number of aromatic nitrogens is 3. The Balaban J connectivity index is 1.95. The third-order valence-electron chi connectivity index (χ3n) is 2.20. The molecule has 0 radical (unpaired) electrons. The van der Waals surface area contributed by atoms with E-state index in [-0.39, 0.29) is 6.29 Å². The van der Waals surface area contributed by atoms with Gasteiger partial charge in [0.2, 0.25) is 0 Å². The summed E-state index contributed by atoms with van der Waals surface area (Å²) in [4.78, 5) is 0. The molecule has 2 rings (SSSR count). The molecule has 1 atom stereocenters. The Morgan fingerprint density at radius 1 is 1.64 bits per heavy atom. The number of nitrogens with zero attached hydrogens (tertiary/aromatic N) is 3. The van der Waals surface area contributed by atoms with Crippen LogP contribution in [0.5, 0.6) is 0 Å². The van der Waals surface area contributed by atoms with Crippen molar-refractivity contribution in [2.45, 2.75) is 18.8 Å². The summed E-state index contributed by atoms with van der Waals surface area (Å²) in [5.74, 6) is 0. The Labute approximate surface area is 81.4 Å². The molecule has 0 saturated carbocycles. The Morgan fingerprint density at radius 3 is 2.93 bits per heavy atom. The van der Waals surface area contributed by atoms with Crippen molar-refractivity contribution in [3.8, 4) is 0 Å². The summed E-state index contributed by atoms with van der Waals surface area (Å²) in [7, 11) is 1.74. The first kappa shape index (κ1) is 9.57. The largest absolute Gasteiger partial charge is 0.387 e. The topological polar surface area (TPSA) is 69.4 Å². The van der Waals surface area contributed by atoms with E-state index in [1.54, 1.807) is 17.9 Å². The average molecular weight is 199 g/mol. The lowest BCUT2D eigenvalue weighted by Gasteiger charge is -2.14. The van der Waals surface area contributed by atoms with E-state index in [9.17, 15) is 5.11 Å². The fourth-order valence-corrected chi connectivity index (χ4v) is 1.45. The first-order valence-corrected chi connectivity index (χ1v) is 4.53. The van der Waals surface area contributed by atoms with Crippen LogP contribution in [0.3, 0.4) is 0 Å². The van der Waals surface area contributed by atoms with Crippen LogP contribution >= 0.6 is 0 Å². The second-order valence-electron chi connectivity index (χ2n) is 3.21. The molecule has 0 spiro atoms. The molecule has 1 N–H and O–H groups in total. The van der Waals surface area contributed by atoms with Crippen LogP contribution < -0.4 is 0 Å². The van der Waals surface area contributed by atoms with Crippen LogP contribution in [-0.4, -0.2) is 39.6 Å². The summed E-state index contributed by atoms with van der Waals surface area (Å²) in [6, 6.07) is 0. The first-order valence-electron chi connectivity index (χ1n) is 4.53. The Hall–Kier alpha value is -0.980. The van der Waals surface area contributed by atoms with E-state index in [0.717, 1.165) is 0 Å². The molecule has 6 heteroatoms. The van der Waals surface area contributed by atoms with Crippen molar-refractivity contribution in [3.05, 3.63) is 11.9 Å². The van der Waals surface area contributed by atoms with Crippen molar-refractivity contribution in [2.24, 2.45) is 7.05 Å². The third-order valence-corrected chi connectivity index (χ3v) is 2.20. The molecular formula is C8H13N3O3. The molecule has 0 amide bonds. The van der Waals surface area contributed by atoms with Crippen LogP contribution in [0, 0.1) is 0 Å². The maximum Gasteiger partial charge on any atom is 0.160 e. The zero-order valence-corrected chi connectivity index (χ0v) is 7.96. The maximum atomic E-state index is 9.79. The van der Waals surface area contributed by atoms with E-state index in [0.29, 0.717) is 25.3 Å². The average Bonchev–Trinajstić information content (AvgIpc) is 2.75. The minimum atomic E-state index is -0.641. The van der Waals surface area contributed by atoms with Gasteiger partial charge in [-0.3, -0.25) is 0 Å². The van der Waals surface area contributed by atoms with Crippen LogP contribution in [0.15, 0.2) is 6.20 Å². The fraction of sp³-hybridized carbons (Fsp3) is 0.750. The van der Waals surface area contributed by atoms with Crippen molar-refractivity contribution in [3.63, 3.8) is 0 Å². The summed E-state index contributed by atoms with van der Waals surface area (Å²) < 4.78 is 12.0. The van der Waals surface area contributed by atoms with E-state index < -0.39 is 6.10 Å². The van der Waals surface area contributed by atoms with Crippen molar-refractivity contribution in [1.29, 1.82) is 0 Å². The standard InChI is InChI=1S/C8H13N3O3/c1-11-6(5-9-10-11)7(12)4-8-13-2-3-14-8/h5,7-8,12H,2-4H2,1H3. The molecule has 2 heterocycles. The summed E-state index contributed by atoms with van der Waals surface area (Å²) in [6.07, 6.45) is 1.01. The second kappa shape index (κ2) is 4.04. The second-order valence-corrected chi connectivity index (χ2v) is 3.21. The van der Waals surface area contributed by atoms with Crippen molar-refractivity contribution >= 4 is 0 Å². The lowest BCUT2D eigenvalue weighted by atomic mass is 10.2. The van der Waals surface area contributed by atoms with Crippen molar-refractivity contribution in [1.82, 2.24) is 15.0 Å². The lowest BCUT2D eigenvalue weighted by molar-refractivity contribution is -0.0718. The molecule has 1 fully saturated rings. The molecular weight excluding hydrogens is 186 g/mol. The molecule has 0 bridgehead atoms. The van der Waals surface area contributed by atoms with E-state index in [1.807, 2.05) is 0 Å². The third kappa shape index (κ3) is 1.92. The van der Waals surface area contributed by atoms with Crippen LogP contribution in [0.4, 0.5) is 0 Å². The van der Waals surface area contributed by atoms with Gasteiger partial charge in [0.25, 0.3) is 0 Å². The van der Waals surface area contributed by atoms with Gasteiger partial charge in [0.1, 0.15) is 6.10 Å². The van der Waals surface area contributed by atoms with Crippen molar-refractivity contribution in [2.75, 3.05) is 13.2 Å². The normalized spacial score (nSPS) is 20.1. The zero-order chi connectivity index (χ0) is 9.97. The van der Waals surface area contributed by atoms with E-state index in [2.05, 4.69) is 10.3 Å². The van der Waals surface area contributed by atoms with Gasteiger partial charge in [0, 0.05) is 13.5 Å². The highest BCUT2D eigenvalue weighted by Gasteiger charge is 2.22. The Morgan fingerprint density at radius 2 is 2.36 bits per heavy atom. The molecule has 1 aliphatic heterocycles. The van der Waals surface area contributed by atoms with Gasteiger partial charge in [-0.05, 0) is 0 Å². The number of hydrogen-bond acceptors (Lipinski definition) is 5. The molecule has 1 unspecified atom stereocenters. The highest BCUT2D eigenvalue weighted by Crippen LogP contribution is 2.20. The molecule has 0 aliphatic carbocycles. The van der Waals surface area contributed by atoms with Gasteiger partial charge >= 0.3 is 0 Å². The van der Waals surface area contributed by atoms with Gasteiger partial charge in [-0.15, -0.1) is 5.10 Å². The number of ether oxygens (including phenoxy) is 2. The summed E-state index contributed by atoms with van der Waals surface area (Å²) in [6.45, 7) is 1.20. The van der Waals surface area contributed by atoms with E-state index in [4.69, 9.17) is 9.47 Å². The smallest absolute Gasteiger partial charge is 0.160 e. The summed E-state index contributed by atoms with van der Waals surface area (Å²) in [5.41, 5.74) is 0.670. The van der Waals surface area contributed by atoms with Gasteiger partial charge in [-0.2, -0.15) is 0 Å². The van der Waals surface area contributed by atoms with Crippen LogP contribution in [0.2, 0.25) is 0 Å². The fourth-order valence-electron chi connectivity index (χ4n) is 1.45. The molecule has 1 aromatic rings. The van der Waals surface area contributed by atoms with Crippen LogP contribution in [0.1, 0.15) is 18.2 Å². The van der Waals surface area contributed by atoms with Gasteiger partial charge in [0.05, 0.1) is 25.1 Å². The van der Waals surface area contributed by atoms with Crippen LogP contribution in [0.25, 0.3) is 0 Å². The molecule has 1 aliphatic rings. The number of aliphatic hydroxyl groups excluding tert-OH is 1. The van der Waals surface area contributed by atoms with E-state index >= 15 is 0 Å². The van der Waals surface area contributed by atoms with Crippen LogP contribution in [-0.2, 0) is 16.5 Å². The summed E-state index contributed by atoms with van der Waals surface area (Å²) >= 11 is 0. The van der Waals surface area contributed by atoms with Gasteiger partial charge in [-0.1, -0.05) is 5.21 Å². The minimum Gasteiger partial charge on any atom is -0.387 e. The van der Waals surface area contributed by atoms with Gasteiger partial charge in [0.15, 0.2) is 6.29 Å². The Bertz CT molecular complexity index is 296. The maximum absolute atomic E-state index is 9.79.